The van der Waals surface area contributed by atoms with Crippen molar-refractivity contribution >= 4 is 5.91 Å². The molecule has 5 heteroatoms. The number of H-pyrrole nitrogens is 1. The quantitative estimate of drug-likeness (QED) is 0.777. The third-order valence-electron chi connectivity index (χ3n) is 3.43. The Labute approximate surface area is 133 Å². The number of rotatable bonds is 4. The summed E-state index contributed by atoms with van der Waals surface area (Å²) in [4.78, 5) is 30.9. The van der Waals surface area contributed by atoms with Gasteiger partial charge in [0, 0.05) is 30.7 Å². The molecule has 2 aromatic heterocycles. The van der Waals surface area contributed by atoms with Crippen LogP contribution in [0.5, 0.6) is 0 Å². The van der Waals surface area contributed by atoms with Crippen molar-refractivity contribution in [2.45, 2.75) is 6.54 Å². The molecule has 0 fully saturated rings. The highest BCUT2D eigenvalue weighted by Gasteiger charge is 2.10. The molecule has 0 unspecified atom stereocenters. The zero-order valence-electron chi connectivity index (χ0n) is 12.3. The van der Waals surface area contributed by atoms with Gasteiger partial charge in [-0.15, -0.1) is 0 Å². The molecule has 0 atom stereocenters. The second-order valence-electron chi connectivity index (χ2n) is 5.04. The van der Waals surface area contributed by atoms with Crippen LogP contribution in [-0.4, -0.2) is 15.9 Å². The molecule has 2 heterocycles. The SMILES string of the molecule is O=C(NCc1cccnc1)c1c[nH]c(=O)c(-c2ccccc2)c1. The average molecular weight is 305 g/mol. The summed E-state index contributed by atoms with van der Waals surface area (Å²) in [5.41, 5.74) is 2.34. The minimum Gasteiger partial charge on any atom is -0.348 e. The molecule has 0 aliphatic carbocycles. The summed E-state index contributed by atoms with van der Waals surface area (Å²) in [6.07, 6.45) is 4.80. The summed E-state index contributed by atoms with van der Waals surface area (Å²) >= 11 is 0. The van der Waals surface area contributed by atoms with E-state index in [4.69, 9.17) is 0 Å². The number of aromatic nitrogens is 2. The molecule has 0 saturated carbocycles. The molecule has 0 aliphatic rings. The molecule has 3 rings (SSSR count). The van der Waals surface area contributed by atoms with Gasteiger partial charge in [0.05, 0.1) is 5.56 Å². The van der Waals surface area contributed by atoms with Crippen LogP contribution < -0.4 is 10.9 Å². The van der Waals surface area contributed by atoms with Crippen LogP contribution in [0.3, 0.4) is 0 Å². The van der Waals surface area contributed by atoms with Crippen LogP contribution in [0.15, 0.2) is 71.9 Å². The van der Waals surface area contributed by atoms with Gasteiger partial charge in [-0.05, 0) is 23.3 Å². The molecule has 0 bridgehead atoms. The van der Waals surface area contributed by atoms with Crippen molar-refractivity contribution < 1.29 is 4.79 Å². The molecule has 1 amide bonds. The number of aromatic amines is 1. The van der Waals surface area contributed by atoms with E-state index >= 15 is 0 Å². The predicted octanol–water partition coefficient (Wildman–Crippen LogP) is 2.37. The van der Waals surface area contributed by atoms with Crippen LogP contribution in [0.25, 0.3) is 11.1 Å². The van der Waals surface area contributed by atoms with Gasteiger partial charge in [0.15, 0.2) is 0 Å². The largest absolute Gasteiger partial charge is 0.348 e. The van der Waals surface area contributed by atoms with Crippen molar-refractivity contribution in [3.8, 4) is 11.1 Å². The summed E-state index contributed by atoms with van der Waals surface area (Å²) < 4.78 is 0. The van der Waals surface area contributed by atoms with Crippen molar-refractivity contribution in [1.82, 2.24) is 15.3 Å². The Hall–Kier alpha value is -3.21. The minimum absolute atomic E-state index is 0.222. The number of carbonyl (C=O) groups excluding carboxylic acids is 1. The van der Waals surface area contributed by atoms with Crippen molar-refractivity contribution in [2.24, 2.45) is 0 Å². The Morgan fingerprint density at radius 1 is 1.13 bits per heavy atom. The Bertz CT molecular complexity index is 858. The van der Waals surface area contributed by atoms with E-state index < -0.39 is 0 Å². The predicted molar refractivity (Wildman–Crippen MR) is 87.9 cm³/mol. The Morgan fingerprint density at radius 2 is 1.96 bits per heavy atom. The summed E-state index contributed by atoms with van der Waals surface area (Å²) in [5.74, 6) is -0.248. The standard InChI is InChI=1S/C18H15N3O2/c22-17(20-11-13-5-4-8-19-10-13)15-9-16(18(23)21-12-15)14-6-2-1-3-7-14/h1-10,12H,11H2,(H,20,22)(H,21,23). The van der Waals surface area contributed by atoms with Gasteiger partial charge < -0.3 is 10.3 Å². The molecular formula is C18H15N3O2. The third-order valence-corrected chi connectivity index (χ3v) is 3.43. The highest BCUT2D eigenvalue weighted by Crippen LogP contribution is 2.15. The average Bonchev–Trinajstić information content (AvgIpc) is 2.62. The van der Waals surface area contributed by atoms with Gasteiger partial charge in [-0.2, -0.15) is 0 Å². The van der Waals surface area contributed by atoms with Crippen LogP contribution in [0.1, 0.15) is 15.9 Å². The molecule has 3 aromatic rings. The number of carbonyl (C=O) groups is 1. The van der Waals surface area contributed by atoms with Crippen molar-refractivity contribution in [1.29, 1.82) is 0 Å². The monoisotopic (exact) mass is 305 g/mol. The van der Waals surface area contributed by atoms with Crippen LogP contribution in [0.2, 0.25) is 0 Å². The number of pyridine rings is 2. The number of nitrogens with one attached hydrogen (secondary N) is 2. The molecule has 1 aromatic carbocycles. The Balaban J connectivity index is 1.80. The van der Waals surface area contributed by atoms with E-state index in [1.165, 1.54) is 6.20 Å². The lowest BCUT2D eigenvalue weighted by Crippen LogP contribution is -2.24. The first-order valence-electron chi connectivity index (χ1n) is 7.19. The summed E-state index contributed by atoms with van der Waals surface area (Å²) in [7, 11) is 0. The Kier molecular flexibility index (Phi) is 4.29. The summed E-state index contributed by atoms with van der Waals surface area (Å²) in [5, 5.41) is 2.81. The van der Waals surface area contributed by atoms with E-state index in [2.05, 4.69) is 15.3 Å². The lowest BCUT2D eigenvalue weighted by atomic mass is 10.1. The first-order valence-corrected chi connectivity index (χ1v) is 7.19. The third kappa shape index (κ3) is 3.52. The van der Waals surface area contributed by atoms with Crippen LogP contribution in [0.4, 0.5) is 0 Å². The van der Waals surface area contributed by atoms with Gasteiger partial charge in [-0.3, -0.25) is 14.6 Å². The zero-order chi connectivity index (χ0) is 16.1. The van der Waals surface area contributed by atoms with Crippen molar-refractivity contribution in [3.63, 3.8) is 0 Å². The molecule has 23 heavy (non-hydrogen) atoms. The summed E-state index contributed by atoms with van der Waals surface area (Å²) in [6.45, 7) is 0.381. The molecular weight excluding hydrogens is 290 g/mol. The maximum absolute atomic E-state index is 12.3. The number of nitrogens with zero attached hydrogens (tertiary/aromatic N) is 1. The van der Waals surface area contributed by atoms with E-state index in [1.807, 2.05) is 42.5 Å². The molecule has 0 saturated heterocycles. The van der Waals surface area contributed by atoms with Gasteiger partial charge in [0.25, 0.3) is 11.5 Å². The highest BCUT2D eigenvalue weighted by molar-refractivity contribution is 5.95. The molecule has 0 radical (unpaired) electrons. The van der Waals surface area contributed by atoms with E-state index in [9.17, 15) is 9.59 Å². The van der Waals surface area contributed by atoms with Crippen molar-refractivity contribution in [3.05, 3.63) is 88.6 Å². The topological polar surface area (TPSA) is 74.8 Å². The number of hydrogen-bond donors (Lipinski definition) is 2. The first-order chi connectivity index (χ1) is 11.2. The smallest absolute Gasteiger partial charge is 0.255 e. The number of benzene rings is 1. The molecule has 0 spiro atoms. The lowest BCUT2D eigenvalue weighted by Gasteiger charge is -2.07. The van der Waals surface area contributed by atoms with E-state index in [-0.39, 0.29) is 11.5 Å². The second-order valence-corrected chi connectivity index (χ2v) is 5.04. The number of amides is 1. The fourth-order valence-corrected chi connectivity index (χ4v) is 2.23. The van der Waals surface area contributed by atoms with Crippen LogP contribution in [0, 0.1) is 0 Å². The highest BCUT2D eigenvalue weighted by atomic mass is 16.1. The van der Waals surface area contributed by atoms with Gasteiger partial charge in [0.2, 0.25) is 0 Å². The van der Waals surface area contributed by atoms with Gasteiger partial charge in [0.1, 0.15) is 0 Å². The normalized spacial score (nSPS) is 10.3. The van der Waals surface area contributed by atoms with Crippen molar-refractivity contribution in [2.75, 3.05) is 0 Å². The van der Waals surface area contributed by atoms with Crippen LogP contribution >= 0.6 is 0 Å². The fourth-order valence-electron chi connectivity index (χ4n) is 2.23. The molecule has 0 aliphatic heterocycles. The van der Waals surface area contributed by atoms with Gasteiger partial charge in [-0.25, -0.2) is 0 Å². The van der Waals surface area contributed by atoms with E-state index in [1.54, 1.807) is 18.5 Å². The maximum Gasteiger partial charge on any atom is 0.255 e. The number of hydrogen-bond acceptors (Lipinski definition) is 3. The molecule has 5 nitrogen and oxygen atoms in total. The second kappa shape index (κ2) is 6.70. The van der Waals surface area contributed by atoms with Crippen LogP contribution in [-0.2, 0) is 6.54 Å². The Morgan fingerprint density at radius 3 is 2.70 bits per heavy atom. The van der Waals surface area contributed by atoms with Gasteiger partial charge in [-0.1, -0.05) is 36.4 Å². The summed E-state index contributed by atoms with van der Waals surface area (Å²) in [6, 6.07) is 14.6. The van der Waals surface area contributed by atoms with E-state index in [0.717, 1.165) is 11.1 Å². The minimum atomic E-state index is -0.248. The lowest BCUT2D eigenvalue weighted by molar-refractivity contribution is 0.0950. The van der Waals surface area contributed by atoms with E-state index in [0.29, 0.717) is 17.7 Å². The van der Waals surface area contributed by atoms with Gasteiger partial charge >= 0.3 is 0 Å². The fraction of sp³-hybridized carbons (Fsp3) is 0.0556. The molecule has 114 valence electrons. The maximum atomic E-state index is 12.3. The zero-order valence-corrected chi connectivity index (χ0v) is 12.3. The first kappa shape index (κ1) is 14.7. The molecule has 2 N–H and O–H groups in total.